The fraction of sp³-hybridized carbons (Fsp3) is 0.791. The van der Waals surface area contributed by atoms with Crippen LogP contribution in [0.15, 0.2) is 36.0 Å². The molecule has 16 heteroatoms. The number of ether oxygens (including phenoxy) is 8. The third-order valence-electron chi connectivity index (χ3n) is 11.7. The summed E-state index contributed by atoms with van der Waals surface area (Å²) in [6.07, 6.45) is -2.94. The van der Waals surface area contributed by atoms with Crippen molar-refractivity contribution in [3.63, 3.8) is 0 Å². The maximum atomic E-state index is 13.8. The van der Waals surface area contributed by atoms with Crippen LogP contribution in [0.5, 0.6) is 0 Å². The van der Waals surface area contributed by atoms with Gasteiger partial charge in [-0.05, 0) is 73.0 Å². The zero-order valence-electron chi connectivity index (χ0n) is 36.7. The van der Waals surface area contributed by atoms with E-state index in [0.29, 0.717) is 12.0 Å². The maximum absolute atomic E-state index is 13.8. The van der Waals surface area contributed by atoms with Crippen LogP contribution in [0, 0.1) is 23.7 Å². The topological polar surface area (TPSA) is 209 Å². The number of aliphatic hydroxyl groups excluding tert-OH is 4. The van der Waals surface area contributed by atoms with Crippen molar-refractivity contribution in [2.45, 2.75) is 154 Å². The highest BCUT2D eigenvalue weighted by molar-refractivity contribution is 5.91. The van der Waals surface area contributed by atoms with E-state index >= 15 is 0 Å². The molecule has 0 aliphatic carbocycles. The summed E-state index contributed by atoms with van der Waals surface area (Å²) < 4.78 is 47.1. The molecule has 16 nitrogen and oxygen atoms in total. The van der Waals surface area contributed by atoms with Crippen molar-refractivity contribution < 1.29 is 72.7 Å². The predicted molar refractivity (Wildman–Crippen MR) is 216 cm³/mol. The Bertz CT molecular complexity index is 1420. The summed E-state index contributed by atoms with van der Waals surface area (Å²) >= 11 is 0. The maximum Gasteiger partial charge on any atom is 0.330 e. The van der Waals surface area contributed by atoms with Crippen LogP contribution < -0.4 is 0 Å². The van der Waals surface area contributed by atoms with Crippen molar-refractivity contribution in [3.05, 3.63) is 36.0 Å². The quantitative estimate of drug-likeness (QED) is 0.155. The van der Waals surface area contributed by atoms with Crippen LogP contribution >= 0.6 is 0 Å². The Labute approximate surface area is 349 Å². The van der Waals surface area contributed by atoms with E-state index in [0.717, 1.165) is 0 Å². The fourth-order valence-corrected chi connectivity index (χ4v) is 8.16. The van der Waals surface area contributed by atoms with Crippen LogP contribution in [0.4, 0.5) is 0 Å². The summed E-state index contributed by atoms with van der Waals surface area (Å²) in [5.74, 6) is -3.84. The number of allylic oxidation sites excluding steroid dienone is 4. The Morgan fingerprint density at radius 2 is 1.54 bits per heavy atom. The highest BCUT2D eigenvalue weighted by Crippen LogP contribution is 2.35. The minimum Gasteiger partial charge on any atom is -0.463 e. The van der Waals surface area contributed by atoms with E-state index in [-0.39, 0.29) is 31.8 Å². The summed E-state index contributed by atoms with van der Waals surface area (Å²) in [4.78, 5) is 41.5. The molecule has 3 aliphatic heterocycles. The molecule has 0 amide bonds. The summed E-state index contributed by atoms with van der Waals surface area (Å²) in [7, 11) is 6.38. The van der Waals surface area contributed by atoms with Crippen LogP contribution in [0.2, 0.25) is 0 Å². The number of carbonyl (C=O) groups excluding carboxylic acids is 3. The Balaban J connectivity index is 2.03. The third kappa shape index (κ3) is 13.9. The predicted octanol–water partition coefficient (Wildman–Crippen LogP) is 2.48. The Morgan fingerprint density at radius 3 is 2.15 bits per heavy atom. The van der Waals surface area contributed by atoms with Crippen molar-refractivity contribution >= 4 is 17.7 Å². The van der Waals surface area contributed by atoms with Gasteiger partial charge in [0, 0.05) is 38.0 Å². The molecule has 0 radical (unpaired) electrons. The van der Waals surface area contributed by atoms with Crippen LogP contribution in [0.3, 0.4) is 0 Å². The molecule has 3 rings (SSSR count). The number of esters is 2. The average Bonchev–Trinajstić information content (AvgIpc) is 3.18. The zero-order valence-corrected chi connectivity index (χ0v) is 36.7. The van der Waals surface area contributed by atoms with E-state index in [1.807, 2.05) is 19.9 Å². The molecular weight excluding hydrogens is 770 g/mol. The second kappa shape index (κ2) is 24.1. The molecule has 0 saturated carbocycles. The minimum absolute atomic E-state index is 0.00569. The first-order valence-electron chi connectivity index (χ1n) is 20.8. The zero-order chi connectivity index (χ0) is 44.1. The molecule has 17 atom stereocenters. The van der Waals surface area contributed by atoms with Gasteiger partial charge in [-0.15, -0.1) is 0 Å². The van der Waals surface area contributed by atoms with Gasteiger partial charge >= 0.3 is 11.9 Å². The van der Waals surface area contributed by atoms with Gasteiger partial charge in [-0.2, -0.15) is 0 Å². The first kappa shape index (κ1) is 50.7. The molecule has 0 spiro atoms. The molecular formula is C43H71NO15. The number of ketones is 1. The van der Waals surface area contributed by atoms with Gasteiger partial charge < -0.3 is 63.2 Å². The standard InChI is InChI=1S/C43H71NO15/c1-12-32-29(22-55-43-41(53-11)40(52-10)37(50)27(7)57-43)19-23(3)17-18-30(45)24(4)20-28(15-14-16-33(47)54-13-2)39(25(5)31(46)21-34(48)58-32)59-42-38(51)35(44(8)9)36(49)26(6)56-42/h14,16-19,24-29,31-32,35-43,46,49-51H,12-13,15,20-22H2,1-11H3/b16-14+,18-17+,23-19+/t24-,25+,26+,27-,28+,29-,31-,32-,35-,36+,37-,38+,39-,40-,41-,42-,43-/m1/s1. The summed E-state index contributed by atoms with van der Waals surface area (Å²) in [6, 6.07) is -0.751. The minimum atomic E-state index is -1.32. The number of carbonyl (C=O) groups is 3. The molecule has 2 saturated heterocycles. The number of methoxy groups -OCH3 is 2. The van der Waals surface area contributed by atoms with Gasteiger partial charge in [0.2, 0.25) is 0 Å². The molecule has 0 unspecified atom stereocenters. The Kier molecular flexibility index (Phi) is 20.8. The number of likely N-dealkylation sites (N-methyl/N-ethyl adjacent to an activating group) is 1. The van der Waals surface area contributed by atoms with Crippen molar-refractivity contribution in [2.24, 2.45) is 23.7 Å². The molecule has 3 heterocycles. The highest BCUT2D eigenvalue weighted by atomic mass is 16.7. The number of hydrogen-bond donors (Lipinski definition) is 4. The van der Waals surface area contributed by atoms with E-state index in [1.165, 1.54) is 26.4 Å². The molecule has 338 valence electrons. The van der Waals surface area contributed by atoms with Crippen LogP contribution in [-0.2, 0) is 52.3 Å². The van der Waals surface area contributed by atoms with Gasteiger partial charge in [0.25, 0.3) is 0 Å². The molecule has 3 aliphatic rings. The van der Waals surface area contributed by atoms with Crippen molar-refractivity contribution in [1.82, 2.24) is 4.90 Å². The third-order valence-corrected chi connectivity index (χ3v) is 11.7. The van der Waals surface area contributed by atoms with Crippen molar-refractivity contribution in [1.29, 1.82) is 0 Å². The monoisotopic (exact) mass is 841 g/mol. The number of aliphatic hydroxyl groups is 4. The van der Waals surface area contributed by atoms with E-state index in [9.17, 15) is 34.8 Å². The Morgan fingerprint density at radius 1 is 0.898 bits per heavy atom. The smallest absolute Gasteiger partial charge is 0.330 e. The summed E-state index contributed by atoms with van der Waals surface area (Å²) in [5.41, 5.74) is 0.700. The SMILES string of the molecule is CCOC(=O)/C=C/C[C@H]1C[C@@H](C)C(=O)/C=C/C(C)=C/[C@H](CO[C@@H]2O[C@H](C)[C@@H](O)[C@@H](OC)[C@H]2OC)[C@@H](CC)OC(=O)C[C@@H](O)[C@H](C)[C@H]1O[C@H]1O[C@@H](C)[C@H](O)[C@@H](N(C)C)[C@@H]1O. The van der Waals surface area contributed by atoms with Gasteiger partial charge in [0.15, 0.2) is 18.4 Å². The normalized spacial score (nSPS) is 41.0. The van der Waals surface area contributed by atoms with Gasteiger partial charge in [-0.1, -0.05) is 44.6 Å². The molecule has 0 aromatic carbocycles. The lowest BCUT2D eigenvalue weighted by molar-refractivity contribution is -0.304. The number of cyclic esters (lactones) is 1. The van der Waals surface area contributed by atoms with Crippen LogP contribution in [-0.4, -0.2) is 164 Å². The van der Waals surface area contributed by atoms with Crippen LogP contribution in [0.25, 0.3) is 0 Å². The number of hydrogen-bond acceptors (Lipinski definition) is 16. The number of nitrogens with zero attached hydrogens (tertiary/aromatic N) is 1. The lowest BCUT2D eigenvalue weighted by Gasteiger charge is -2.46. The van der Waals surface area contributed by atoms with E-state index in [4.69, 9.17) is 37.9 Å². The fourth-order valence-electron chi connectivity index (χ4n) is 8.16. The lowest BCUT2D eigenvalue weighted by atomic mass is 9.79. The van der Waals surface area contributed by atoms with E-state index in [1.54, 1.807) is 65.8 Å². The van der Waals surface area contributed by atoms with Crippen molar-refractivity contribution in [3.8, 4) is 0 Å². The average molecular weight is 842 g/mol. The van der Waals surface area contributed by atoms with Gasteiger partial charge in [-0.25, -0.2) is 4.79 Å². The highest BCUT2D eigenvalue weighted by Gasteiger charge is 2.48. The van der Waals surface area contributed by atoms with Gasteiger partial charge in [-0.3, -0.25) is 9.59 Å². The largest absolute Gasteiger partial charge is 0.463 e. The molecule has 59 heavy (non-hydrogen) atoms. The molecule has 0 aromatic rings. The first-order chi connectivity index (χ1) is 27.9. The van der Waals surface area contributed by atoms with Crippen LogP contribution in [0.1, 0.15) is 74.1 Å². The Hall–Kier alpha value is -2.61. The van der Waals surface area contributed by atoms with Gasteiger partial charge in [0.05, 0.1) is 56.2 Å². The second-order valence-corrected chi connectivity index (χ2v) is 16.3. The lowest BCUT2D eigenvalue weighted by Crippen LogP contribution is -2.63. The van der Waals surface area contributed by atoms with E-state index < -0.39 is 122 Å². The number of rotatable bonds is 13. The molecule has 0 aromatic heterocycles. The van der Waals surface area contributed by atoms with Crippen molar-refractivity contribution in [2.75, 3.05) is 41.5 Å². The van der Waals surface area contributed by atoms with Gasteiger partial charge in [0.1, 0.15) is 30.5 Å². The van der Waals surface area contributed by atoms with E-state index in [2.05, 4.69) is 0 Å². The first-order valence-corrected chi connectivity index (χ1v) is 20.8. The summed E-state index contributed by atoms with van der Waals surface area (Å²) in [6.45, 7) is 12.4. The molecule has 0 bridgehead atoms. The summed E-state index contributed by atoms with van der Waals surface area (Å²) in [5, 5.41) is 44.8. The second-order valence-electron chi connectivity index (χ2n) is 16.3. The molecule has 2 fully saturated rings. The molecule has 4 N–H and O–H groups in total.